The topological polar surface area (TPSA) is 39.7 Å². The highest BCUT2D eigenvalue weighted by Crippen LogP contribution is 2.32. The van der Waals surface area contributed by atoms with Gasteiger partial charge in [0.25, 0.3) is 0 Å². The maximum Gasteiger partial charge on any atom is 0.231 e. The van der Waals surface area contributed by atoms with Crippen LogP contribution < -0.4 is 14.8 Å². The van der Waals surface area contributed by atoms with Crippen molar-refractivity contribution in [2.45, 2.75) is 18.9 Å². The highest BCUT2D eigenvalue weighted by Gasteiger charge is 2.17. The van der Waals surface area contributed by atoms with Crippen LogP contribution in [0.1, 0.15) is 18.4 Å². The van der Waals surface area contributed by atoms with Gasteiger partial charge < -0.3 is 19.5 Å². The summed E-state index contributed by atoms with van der Waals surface area (Å²) < 4.78 is 16.1. The molecule has 1 aromatic rings. The van der Waals surface area contributed by atoms with E-state index in [9.17, 15) is 0 Å². The van der Waals surface area contributed by atoms with Crippen LogP contribution in [0.4, 0.5) is 0 Å². The summed E-state index contributed by atoms with van der Waals surface area (Å²) in [5.41, 5.74) is 0.951. The summed E-state index contributed by atoms with van der Waals surface area (Å²) in [5, 5.41) is 3.24. The summed E-state index contributed by atoms with van der Waals surface area (Å²) in [7, 11) is 0. The number of thiocarbonyl (C=S) groups is 1. The largest absolute Gasteiger partial charge is 0.454 e. The molecule has 2 aliphatic rings. The van der Waals surface area contributed by atoms with E-state index in [0.29, 0.717) is 0 Å². The van der Waals surface area contributed by atoms with E-state index in [1.807, 2.05) is 18.2 Å². The molecule has 2 heterocycles. The molecule has 2 aliphatic heterocycles. The quantitative estimate of drug-likeness (QED) is 0.845. The molecule has 4 nitrogen and oxygen atoms in total. The zero-order valence-corrected chi connectivity index (χ0v) is 10.8. The van der Waals surface area contributed by atoms with E-state index in [2.05, 4.69) is 5.32 Å². The molecule has 1 saturated heterocycles. The molecule has 0 spiro atoms. The Balaban J connectivity index is 1.61. The van der Waals surface area contributed by atoms with Crippen molar-refractivity contribution in [2.75, 3.05) is 19.9 Å². The summed E-state index contributed by atoms with van der Waals surface area (Å²) in [5.74, 6) is 1.54. The van der Waals surface area contributed by atoms with Gasteiger partial charge in [-0.1, -0.05) is 12.2 Å². The summed E-state index contributed by atoms with van der Waals surface area (Å²) in [6.07, 6.45) is 2.54. The van der Waals surface area contributed by atoms with Gasteiger partial charge in [0.15, 0.2) is 11.5 Å². The molecule has 0 amide bonds. The lowest BCUT2D eigenvalue weighted by molar-refractivity contribution is 0.114. The summed E-state index contributed by atoms with van der Waals surface area (Å²) in [6, 6.07) is 5.74. The molecule has 5 heteroatoms. The molecule has 0 aliphatic carbocycles. The first-order valence-corrected chi connectivity index (χ1v) is 6.53. The average Bonchev–Trinajstić information content (AvgIpc) is 3.05. The highest BCUT2D eigenvalue weighted by molar-refractivity contribution is 7.80. The molecule has 0 bridgehead atoms. The Hall–Kier alpha value is -1.33. The fourth-order valence-corrected chi connectivity index (χ4v) is 2.36. The third kappa shape index (κ3) is 2.42. The molecule has 96 valence electrons. The molecule has 1 N–H and O–H groups in total. The normalized spacial score (nSPS) is 21.0. The van der Waals surface area contributed by atoms with Crippen LogP contribution in [0.3, 0.4) is 0 Å². The van der Waals surface area contributed by atoms with Gasteiger partial charge in [-0.3, -0.25) is 0 Å². The van der Waals surface area contributed by atoms with Crippen LogP contribution in [0.25, 0.3) is 0 Å². The predicted molar refractivity (Wildman–Crippen MR) is 71.2 cm³/mol. The second kappa shape index (κ2) is 5.12. The monoisotopic (exact) mass is 265 g/mol. The SMILES string of the molecule is S=C(NC[C@H]1CCCO1)c1ccc2c(c1)OCO2. The van der Waals surface area contributed by atoms with Crippen molar-refractivity contribution < 1.29 is 14.2 Å². The van der Waals surface area contributed by atoms with Crippen molar-refractivity contribution in [3.8, 4) is 11.5 Å². The minimum atomic E-state index is 0.287. The lowest BCUT2D eigenvalue weighted by Gasteiger charge is -2.13. The second-order valence-electron chi connectivity index (χ2n) is 4.41. The minimum absolute atomic E-state index is 0.287. The first kappa shape index (κ1) is 11.7. The van der Waals surface area contributed by atoms with Crippen LogP contribution >= 0.6 is 12.2 Å². The Bertz CT molecular complexity index is 458. The Kier molecular flexibility index (Phi) is 3.34. The Morgan fingerprint density at radius 3 is 3.06 bits per heavy atom. The molecular weight excluding hydrogens is 250 g/mol. The van der Waals surface area contributed by atoms with Gasteiger partial charge in [0.1, 0.15) is 4.99 Å². The van der Waals surface area contributed by atoms with Crippen molar-refractivity contribution in [2.24, 2.45) is 0 Å². The van der Waals surface area contributed by atoms with Crippen LogP contribution in [0.5, 0.6) is 11.5 Å². The van der Waals surface area contributed by atoms with Crippen LogP contribution in [0, 0.1) is 0 Å². The second-order valence-corrected chi connectivity index (χ2v) is 4.82. The van der Waals surface area contributed by atoms with Crippen molar-refractivity contribution >= 4 is 17.2 Å². The van der Waals surface area contributed by atoms with Gasteiger partial charge in [0.2, 0.25) is 6.79 Å². The summed E-state index contributed by atoms with van der Waals surface area (Å²) in [4.78, 5) is 0.726. The first-order valence-electron chi connectivity index (χ1n) is 6.12. The van der Waals surface area contributed by atoms with Crippen LogP contribution in [0.2, 0.25) is 0 Å². The number of rotatable bonds is 3. The average molecular weight is 265 g/mol. The van der Waals surface area contributed by atoms with Crippen LogP contribution in [0.15, 0.2) is 18.2 Å². The zero-order chi connectivity index (χ0) is 12.4. The van der Waals surface area contributed by atoms with Gasteiger partial charge in [0.05, 0.1) is 6.10 Å². The van der Waals surface area contributed by atoms with E-state index < -0.39 is 0 Å². The number of fused-ring (bicyclic) bond motifs is 1. The molecule has 0 saturated carbocycles. The van der Waals surface area contributed by atoms with Crippen LogP contribution in [-0.2, 0) is 4.74 Å². The Labute approximate surface area is 111 Å². The van der Waals surface area contributed by atoms with Gasteiger partial charge in [0, 0.05) is 18.7 Å². The van der Waals surface area contributed by atoms with Gasteiger partial charge in [-0.15, -0.1) is 0 Å². The standard InChI is InChI=1S/C13H15NO3S/c18-13(14-7-10-2-1-5-15-10)9-3-4-11-12(6-9)17-8-16-11/h3-4,6,10H,1-2,5,7-8H2,(H,14,18)/t10-/m1/s1. The zero-order valence-electron chi connectivity index (χ0n) is 9.98. The van der Waals surface area contributed by atoms with Gasteiger partial charge in [-0.05, 0) is 31.0 Å². The minimum Gasteiger partial charge on any atom is -0.454 e. The predicted octanol–water partition coefficient (Wildman–Crippen LogP) is 1.86. The number of hydrogen-bond acceptors (Lipinski definition) is 4. The van der Waals surface area contributed by atoms with E-state index >= 15 is 0 Å². The molecule has 0 aromatic heterocycles. The smallest absolute Gasteiger partial charge is 0.231 e. The molecule has 0 unspecified atom stereocenters. The molecule has 3 rings (SSSR count). The van der Waals surface area contributed by atoms with Crippen molar-refractivity contribution in [3.05, 3.63) is 23.8 Å². The Morgan fingerprint density at radius 1 is 1.33 bits per heavy atom. The maximum absolute atomic E-state index is 5.55. The molecule has 1 aromatic carbocycles. The van der Waals surface area contributed by atoms with Crippen molar-refractivity contribution in [3.63, 3.8) is 0 Å². The maximum atomic E-state index is 5.55. The van der Waals surface area contributed by atoms with E-state index in [1.165, 1.54) is 0 Å². The fourth-order valence-electron chi connectivity index (χ4n) is 2.15. The number of nitrogens with one attached hydrogen (secondary N) is 1. The van der Waals surface area contributed by atoms with E-state index in [1.54, 1.807) is 0 Å². The number of benzene rings is 1. The van der Waals surface area contributed by atoms with E-state index in [-0.39, 0.29) is 12.9 Å². The number of ether oxygens (including phenoxy) is 3. The molecule has 1 atom stereocenters. The first-order chi connectivity index (χ1) is 8.83. The highest BCUT2D eigenvalue weighted by atomic mass is 32.1. The van der Waals surface area contributed by atoms with Crippen LogP contribution in [-0.4, -0.2) is 31.0 Å². The Morgan fingerprint density at radius 2 is 2.22 bits per heavy atom. The van der Waals surface area contributed by atoms with E-state index in [0.717, 1.165) is 48.0 Å². The molecule has 18 heavy (non-hydrogen) atoms. The van der Waals surface area contributed by atoms with Crippen molar-refractivity contribution in [1.82, 2.24) is 5.32 Å². The summed E-state index contributed by atoms with van der Waals surface area (Å²) >= 11 is 5.36. The molecule has 0 radical (unpaired) electrons. The van der Waals surface area contributed by atoms with Gasteiger partial charge in [-0.25, -0.2) is 0 Å². The van der Waals surface area contributed by atoms with Gasteiger partial charge in [-0.2, -0.15) is 0 Å². The van der Waals surface area contributed by atoms with E-state index in [4.69, 9.17) is 26.4 Å². The summed E-state index contributed by atoms with van der Waals surface area (Å²) in [6.45, 7) is 1.92. The third-order valence-corrected chi connectivity index (χ3v) is 3.53. The van der Waals surface area contributed by atoms with Gasteiger partial charge >= 0.3 is 0 Å². The third-order valence-electron chi connectivity index (χ3n) is 3.15. The lowest BCUT2D eigenvalue weighted by atomic mass is 10.2. The molecular formula is C13H15NO3S. The molecule has 1 fully saturated rings. The lowest BCUT2D eigenvalue weighted by Crippen LogP contribution is -2.31. The van der Waals surface area contributed by atoms with Crippen molar-refractivity contribution in [1.29, 1.82) is 0 Å². The number of hydrogen-bond donors (Lipinski definition) is 1. The fraction of sp³-hybridized carbons (Fsp3) is 0.462.